The Morgan fingerprint density at radius 1 is 1.44 bits per heavy atom. The molecule has 2 aromatic heterocycles. The lowest BCUT2D eigenvalue weighted by Gasteiger charge is -2.14. The minimum absolute atomic E-state index is 0.0625. The van der Waals surface area contributed by atoms with Crippen LogP contribution in [0.4, 0.5) is 5.95 Å². The van der Waals surface area contributed by atoms with Crippen molar-refractivity contribution in [2.45, 2.75) is 37.2 Å². The Kier molecular flexibility index (Phi) is 4.03. The molecule has 2 atom stereocenters. The Hall–Kier alpha value is -1.34. The van der Waals surface area contributed by atoms with E-state index < -0.39 is 6.10 Å². The van der Waals surface area contributed by atoms with Gasteiger partial charge >= 0.3 is 0 Å². The molecule has 0 bridgehead atoms. The maximum absolute atomic E-state index is 9.57. The average Bonchev–Trinajstić information content (AvgIpc) is 2.77. The van der Waals surface area contributed by atoms with Gasteiger partial charge < -0.3 is 10.4 Å². The number of H-pyrrole nitrogens is 1. The molecule has 0 radical (unpaired) electrons. The quantitative estimate of drug-likeness (QED) is 0.564. The average molecular weight is 267 g/mol. The van der Waals surface area contributed by atoms with Crippen LogP contribution in [-0.4, -0.2) is 43.2 Å². The van der Waals surface area contributed by atoms with Crippen molar-refractivity contribution in [2.75, 3.05) is 11.9 Å². The van der Waals surface area contributed by atoms with Crippen molar-refractivity contribution in [1.82, 2.24) is 20.2 Å². The number of aliphatic hydroxyl groups is 1. The van der Waals surface area contributed by atoms with Gasteiger partial charge in [0.05, 0.1) is 17.7 Å². The van der Waals surface area contributed by atoms with Crippen LogP contribution in [0.1, 0.15) is 20.8 Å². The lowest BCUT2D eigenvalue weighted by atomic mass is 10.3. The second kappa shape index (κ2) is 5.53. The van der Waals surface area contributed by atoms with Gasteiger partial charge in [0.15, 0.2) is 5.65 Å². The minimum atomic E-state index is -0.394. The molecule has 0 saturated heterocycles. The van der Waals surface area contributed by atoms with Gasteiger partial charge in [-0.05, 0) is 13.8 Å². The summed E-state index contributed by atoms with van der Waals surface area (Å²) in [6.07, 6.45) is 1.32. The zero-order chi connectivity index (χ0) is 13.1. The van der Waals surface area contributed by atoms with E-state index >= 15 is 0 Å². The van der Waals surface area contributed by atoms with Gasteiger partial charge in [-0.3, -0.25) is 5.10 Å². The van der Waals surface area contributed by atoms with Gasteiger partial charge in [0.25, 0.3) is 0 Å². The number of aromatic nitrogens is 4. The van der Waals surface area contributed by atoms with Gasteiger partial charge in [-0.15, -0.1) is 0 Å². The molecule has 18 heavy (non-hydrogen) atoms. The first-order chi connectivity index (χ1) is 8.61. The van der Waals surface area contributed by atoms with E-state index in [2.05, 4.69) is 25.5 Å². The highest BCUT2D eigenvalue weighted by atomic mass is 32.2. The molecule has 0 fully saturated rings. The second-order valence-corrected chi connectivity index (χ2v) is 5.44. The van der Waals surface area contributed by atoms with Crippen LogP contribution < -0.4 is 5.32 Å². The number of fused-ring (bicyclic) bond motifs is 1. The van der Waals surface area contributed by atoms with E-state index in [0.29, 0.717) is 11.6 Å². The molecule has 98 valence electrons. The molecule has 2 unspecified atom stereocenters. The van der Waals surface area contributed by atoms with Crippen LogP contribution in [0.15, 0.2) is 11.2 Å². The van der Waals surface area contributed by atoms with Crippen LogP contribution in [-0.2, 0) is 0 Å². The number of nitrogens with one attached hydrogen (secondary N) is 2. The summed E-state index contributed by atoms with van der Waals surface area (Å²) in [7, 11) is 0. The van der Waals surface area contributed by atoms with E-state index in [1.165, 1.54) is 11.8 Å². The SMILES string of the molecule is CCNc1nc(SC(C)C(C)O)c2cn[nH]c2n1. The third-order valence-corrected chi connectivity index (χ3v) is 3.89. The Balaban J connectivity index is 2.37. The van der Waals surface area contributed by atoms with Crippen molar-refractivity contribution in [3.05, 3.63) is 6.20 Å². The summed E-state index contributed by atoms with van der Waals surface area (Å²) in [5.41, 5.74) is 0.709. The predicted octanol–water partition coefficient (Wildman–Crippen LogP) is 1.65. The number of nitrogens with zero attached hydrogens (tertiary/aromatic N) is 3. The van der Waals surface area contributed by atoms with Gasteiger partial charge in [0.1, 0.15) is 5.03 Å². The van der Waals surface area contributed by atoms with Crippen molar-refractivity contribution < 1.29 is 5.11 Å². The fraction of sp³-hybridized carbons (Fsp3) is 0.545. The molecule has 0 aliphatic rings. The molecule has 7 heteroatoms. The molecule has 6 nitrogen and oxygen atoms in total. The van der Waals surface area contributed by atoms with Crippen LogP contribution in [0, 0.1) is 0 Å². The van der Waals surface area contributed by atoms with Crippen molar-refractivity contribution in [3.8, 4) is 0 Å². The van der Waals surface area contributed by atoms with Crippen LogP contribution in [0.3, 0.4) is 0 Å². The van der Waals surface area contributed by atoms with Crippen LogP contribution in [0.25, 0.3) is 11.0 Å². The predicted molar refractivity (Wildman–Crippen MR) is 72.8 cm³/mol. The molecular weight excluding hydrogens is 250 g/mol. The zero-order valence-corrected chi connectivity index (χ0v) is 11.5. The highest BCUT2D eigenvalue weighted by Gasteiger charge is 2.16. The molecule has 0 spiro atoms. The Labute approximate surface area is 110 Å². The van der Waals surface area contributed by atoms with Crippen molar-refractivity contribution >= 4 is 28.7 Å². The van der Waals surface area contributed by atoms with Crippen molar-refractivity contribution in [2.24, 2.45) is 0 Å². The standard InChI is InChI=1S/C11H17N5OS/c1-4-12-11-14-9-8(5-13-16-9)10(15-11)18-7(3)6(2)17/h5-7,17H,4H2,1-3H3,(H2,12,13,14,15,16). The summed E-state index contributed by atoms with van der Waals surface area (Å²) in [5.74, 6) is 0.578. The summed E-state index contributed by atoms with van der Waals surface area (Å²) >= 11 is 1.52. The molecule has 3 N–H and O–H groups in total. The molecule has 2 aromatic rings. The van der Waals surface area contributed by atoms with Crippen molar-refractivity contribution in [3.63, 3.8) is 0 Å². The summed E-state index contributed by atoms with van der Waals surface area (Å²) in [6, 6.07) is 0. The minimum Gasteiger partial charge on any atom is -0.392 e. The molecule has 0 aliphatic heterocycles. The van der Waals surface area contributed by atoms with E-state index in [4.69, 9.17) is 0 Å². The maximum atomic E-state index is 9.57. The van der Waals surface area contributed by atoms with E-state index in [9.17, 15) is 5.11 Å². The number of anilines is 1. The van der Waals surface area contributed by atoms with Crippen LogP contribution in [0.5, 0.6) is 0 Å². The number of rotatable bonds is 5. The summed E-state index contributed by atoms with van der Waals surface area (Å²) < 4.78 is 0. The lowest BCUT2D eigenvalue weighted by Crippen LogP contribution is -2.15. The van der Waals surface area contributed by atoms with Gasteiger partial charge in [0, 0.05) is 11.8 Å². The Morgan fingerprint density at radius 2 is 2.22 bits per heavy atom. The van der Waals surface area contributed by atoms with E-state index in [1.807, 2.05) is 13.8 Å². The van der Waals surface area contributed by atoms with Gasteiger partial charge in [0.2, 0.25) is 5.95 Å². The molecular formula is C11H17N5OS. The molecule has 2 rings (SSSR count). The normalized spacial score (nSPS) is 14.7. The second-order valence-electron chi connectivity index (χ2n) is 4.08. The zero-order valence-electron chi connectivity index (χ0n) is 10.6. The Morgan fingerprint density at radius 3 is 2.89 bits per heavy atom. The number of hydrogen-bond acceptors (Lipinski definition) is 6. The maximum Gasteiger partial charge on any atom is 0.225 e. The summed E-state index contributed by atoms with van der Waals surface area (Å²) in [4.78, 5) is 8.78. The number of thioether (sulfide) groups is 1. The third-order valence-electron chi connectivity index (χ3n) is 2.59. The first-order valence-electron chi connectivity index (χ1n) is 5.91. The molecule has 0 aromatic carbocycles. The number of hydrogen-bond donors (Lipinski definition) is 3. The molecule has 0 amide bonds. The highest BCUT2D eigenvalue weighted by Crippen LogP contribution is 2.29. The van der Waals surface area contributed by atoms with Gasteiger partial charge in [-0.25, -0.2) is 4.98 Å². The highest BCUT2D eigenvalue weighted by molar-refractivity contribution is 8.00. The summed E-state index contributed by atoms with van der Waals surface area (Å²) in [6.45, 7) is 6.49. The van der Waals surface area contributed by atoms with E-state index in [0.717, 1.165) is 17.0 Å². The molecule has 0 aliphatic carbocycles. The monoisotopic (exact) mass is 267 g/mol. The fourth-order valence-corrected chi connectivity index (χ4v) is 2.37. The first kappa shape index (κ1) is 13.1. The van der Waals surface area contributed by atoms with Crippen LogP contribution >= 0.6 is 11.8 Å². The summed E-state index contributed by atoms with van der Waals surface area (Å²) in [5, 5.41) is 21.3. The first-order valence-corrected chi connectivity index (χ1v) is 6.79. The number of aromatic amines is 1. The fourth-order valence-electron chi connectivity index (χ4n) is 1.41. The molecule has 2 heterocycles. The van der Waals surface area contributed by atoms with E-state index in [1.54, 1.807) is 13.1 Å². The smallest absolute Gasteiger partial charge is 0.225 e. The van der Waals surface area contributed by atoms with Gasteiger partial charge in [-0.1, -0.05) is 18.7 Å². The number of aliphatic hydroxyl groups excluding tert-OH is 1. The van der Waals surface area contributed by atoms with Crippen molar-refractivity contribution in [1.29, 1.82) is 0 Å². The largest absolute Gasteiger partial charge is 0.392 e. The van der Waals surface area contributed by atoms with Crippen LogP contribution in [0.2, 0.25) is 0 Å². The third kappa shape index (κ3) is 2.73. The molecule has 0 saturated carbocycles. The topological polar surface area (TPSA) is 86.7 Å². The van der Waals surface area contributed by atoms with Gasteiger partial charge in [-0.2, -0.15) is 10.1 Å². The Bertz CT molecular complexity index is 527. The van der Waals surface area contributed by atoms with E-state index in [-0.39, 0.29) is 5.25 Å². The lowest BCUT2D eigenvalue weighted by molar-refractivity contribution is 0.196.